The summed E-state index contributed by atoms with van der Waals surface area (Å²) >= 11 is 6.54. The van der Waals surface area contributed by atoms with Crippen LogP contribution in [0.1, 0.15) is 83.1 Å². The average molecular weight is 537 g/mol. The van der Waals surface area contributed by atoms with Crippen molar-refractivity contribution in [3.8, 4) is 6.26 Å². The SMILES string of the molecule is CC(C)(C)N1C=CN(C(C)(C)C)[SiH]1Cl.CC(C)(C)N1C=CN(C(C)(C)C)[SiH]1N=C=O.N#C[O-].[Na+]. The Labute approximate surface area is 237 Å². The van der Waals surface area contributed by atoms with Gasteiger partial charge in [-0.05, 0) is 83.1 Å². The summed E-state index contributed by atoms with van der Waals surface area (Å²) in [6.45, 7) is 26.0. The summed E-state index contributed by atoms with van der Waals surface area (Å²) < 4.78 is 13.0. The molecule has 2 aliphatic heterocycles. The van der Waals surface area contributed by atoms with Crippen LogP contribution in [0.25, 0.3) is 0 Å². The number of halogens is 1. The molecule has 0 fully saturated rings. The van der Waals surface area contributed by atoms with Crippen LogP contribution in [-0.2, 0) is 4.79 Å². The molecule has 0 spiro atoms. The Kier molecular flexibility index (Phi) is 13.9. The van der Waals surface area contributed by atoms with E-state index in [9.17, 15) is 4.79 Å². The summed E-state index contributed by atoms with van der Waals surface area (Å²) in [5.41, 5.74) is 0.256. The van der Waals surface area contributed by atoms with Gasteiger partial charge in [-0.1, -0.05) is 0 Å². The number of isocyanates is 1. The molecule has 2 aliphatic rings. The zero-order valence-electron chi connectivity index (χ0n) is 23.3. The van der Waals surface area contributed by atoms with Gasteiger partial charge < -0.3 is 23.4 Å². The molecule has 12 heteroatoms. The third-order valence-corrected chi connectivity index (χ3v) is 12.3. The molecule has 0 aromatic carbocycles. The fourth-order valence-electron chi connectivity index (χ4n) is 3.25. The van der Waals surface area contributed by atoms with Gasteiger partial charge in [0.15, 0.2) is 0 Å². The van der Waals surface area contributed by atoms with Crippen LogP contribution in [0.5, 0.6) is 0 Å². The first-order valence-corrected chi connectivity index (χ1v) is 15.3. The van der Waals surface area contributed by atoms with Crippen molar-refractivity contribution in [1.82, 2.24) is 18.3 Å². The third kappa shape index (κ3) is 10.4. The Balaban J connectivity index is 0. The molecule has 0 unspecified atom stereocenters. The first-order chi connectivity index (χ1) is 14.7. The van der Waals surface area contributed by atoms with Gasteiger partial charge in [0.05, 0.1) is 0 Å². The molecule has 0 aliphatic carbocycles. The van der Waals surface area contributed by atoms with Crippen LogP contribution < -0.4 is 34.7 Å². The molecule has 2 rings (SSSR count). The maximum Gasteiger partial charge on any atom is 1.00 e. The van der Waals surface area contributed by atoms with E-state index in [0.717, 1.165) is 0 Å². The van der Waals surface area contributed by atoms with Crippen molar-refractivity contribution in [3.63, 3.8) is 0 Å². The number of hydrogen-bond donors (Lipinski definition) is 0. The number of hydrogen-bond acceptors (Lipinski definition) is 8. The molecular weight excluding hydrogens is 495 g/mol. The number of carbonyl (C=O) groups excluding carboxylic acids is 1. The van der Waals surface area contributed by atoms with E-state index in [1.165, 1.54) is 0 Å². The van der Waals surface area contributed by atoms with E-state index in [1.807, 2.05) is 12.4 Å². The number of nitrogens with zero attached hydrogens (tertiary/aromatic N) is 6. The normalized spacial score (nSPS) is 16.7. The molecular formula is C22H42ClN6NaO2Si2. The van der Waals surface area contributed by atoms with E-state index in [1.54, 1.807) is 6.08 Å². The van der Waals surface area contributed by atoms with Crippen LogP contribution in [0.4, 0.5) is 0 Å². The van der Waals surface area contributed by atoms with E-state index in [-0.39, 0.29) is 51.7 Å². The molecule has 8 nitrogen and oxygen atoms in total. The van der Waals surface area contributed by atoms with Gasteiger partial charge in [-0.25, -0.2) is 14.7 Å². The molecule has 0 radical (unpaired) electrons. The molecule has 0 N–H and O–H groups in total. The fourth-order valence-corrected chi connectivity index (χ4v) is 9.84. The van der Waals surface area contributed by atoms with Crippen LogP contribution in [0.2, 0.25) is 0 Å². The molecule has 2 heterocycles. The standard InChI is InChI=1S/C11H21N3OSi.C10H21ClN2Si.CHNO.Na/c1-10(2,3)13-7-8-14(11(4,5)6)16(13)12-9-15;1-9(2,3)12-7-8-13(14(12)11)10(4,5)6;2-1-3;/h7-8,16H,1-6H3;7-8,14H,1-6H3;3H;/q;;;+1/p-1. The predicted octanol–water partition coefficient (Wildman–Crippen LogP) is 0.185. The molecule has 0 amide bonds. The van der Waals surface area contributed by atoms with Crippen molar-refractivity contribution in [2.24, 2.45) is 4.66 Å². The zero-order valence-corrected chi connectivity index (χ0v) is 28.4. The summed E-state index contributed by atoms with van der Waals surface area (Å²) in [6.07, 6.45) is 10.6. The monoisotopic (exact) mass is 536 g/mol. The smallest absolute Gasteiger partial charge is 0.812 e. The maximum atomic E-state index is 10.6. The van der Waals surface area contributed by atoms with Gasteiger partial charge in [-0.2, -0.15) is 0 Å². The number of rotatable bonds is 1. The van der Waals surface area contributed by atoms with Gasteiger partial charge in [-0.15, -0.1) is 11.1 Å². The summed E-state index contributed by atoms with van der Waals surface area (Å²) in [5, 5.41) is 15.0. The molecule has 188 valence electrons. The van der Waals surface area contributed by atoms with Crippen molar-refractivity contribution < 1.29 is 39.5 Å². The second-order valence-electron chi connectivity index (χ2n) is 11.9. The van der Waals surface area contributed by atoms with Crippen LogP contribution in [0, 0.1) is 11.5 Å². The summed E-state index contributed by atoms with van der Waals surface area (Å²) in [5.74, 6) is 0. The summed E-state index contributed by atoms with van der Waals surface area (Å²) in [7, 11) is -3.31. The molecule has 0 saturated carbocycles. The first-order valence-electron chi connectivity index (χ1n) is 11.0. The average Bonchev–Trinajstić information content (AvgIpc) is 3.18. The molecule has 0 bridgehead atoms. The van der Waals surface area contributed by atoms with Crippen molar-refractivity contribution in [2.75, 3.05) is 0 Å². The van der Waals surface area contributed by atoms with Gasteiger partial charge in [0.25, 0.3) is 0 Å². The first kappa shape index (κ1) is 35.2. The maximum absolute atomic E-state index is 10.6. The minimum absolute atomic E-state index is 0. The van der Waals surface area contributed by atoms with Crippen molar-refractivity contribution >= 4 is 34.9 Å². The van der Waals surface area contributed by atoms with E-state index in [2.05, 4.69) is 118 Å². The van der Waals surface area contributed by atoms with Crippen molar-refractivity contribution in [3.05, 3.63) is 24.8 Å². The van der Waals surface area contributed by atoms with Gasteiger partial charge in [0, 0.05) is 53.2 Å². The number of nitriles is 1. The Morgan fingerprint density at radius 2 is 0.971 bits per heavy atom. The fraction of sp³-hybridized carbons (Fsp3) is 0.727. The third-order valence-electron chi connectivity index (χ3n) is 5.00. The molecule has 0 aromatic rings. The molecule has 34 heavy (non-hydrogen) atoms. The van der Waals surface area contributed by atoms with Gasteiger partial charge in [-0.3, -0.25) is 0 Å². The summed E-state index contributed by atoms with van der Waals surface area (Å²) in [6, 6.07) is 0. The Morgan fingerprint density at radius 1 is 0.735 bits per heavy atom. The van der Waals surface area contributed by atoms with Gasteiger partial charge >= 0.3 is 47.3 Å². The van der Waals surface area contributed by atoms with Crippen LogP contribution in [0.3, 0.4) is 0 Å². The Bertz CT molecular complexity index is 740. The second-order valence-corrected chi connectivity index (χ2v) is 16.8. The quantitative estimate of drug-likeness (QED) is 0.155. The van der Waals surface area contributed by atoms with E-state index in [4.69, 9.17) is 21.4 Å². The van der Waals surface area contributed by atoms with Crippen LogP contribution >= 0.6 is 11.1 Å². The molecule has 0 aromatic heterocycles. The van der Waals surface area contributed by atoms with Crippen LogP contribution in [-0.4, -0.2) is 64.2 Å². The van der Waals surface area contributed by atoms with E-state index in [0.29, 0.717) is 6.26 Å². The van der Waals surface area contributed by atoms with Crippen molar-refractivity contribution in [1.29, 1.82) is 5.26 Å². The Morgan fingerprint density at radius 3 is 1.15 bits per heavy atom. The van der Waals surface area contributed by atoms with Crippen LogP contribution in [0.15, 0.2) is 29.5 Å². The molecule has 0 saturated heterocycles. The second kappa shape index (κ2) is 13.4. The van der Waals surface area contributed by atoms with Crippen molar-refractivity contribution in [2.45, 2.75) is 105 Å². The predicted molar refractivity (Wildman–Crippen MR) is 139 cm³/mol. The Hall–Kier alpha value is -0.926. The minimum atomic E-state index is -1.80. The van der Waals surface area contributed by atoms with E-state index < -0.39 is 17.7 Å². The van der Waals surface area contributed by atoms with Gasteiger partial charge in [0.1, 0.15) is 0 Å². The van der Waals surface area contributed by atoms with Gasteiger partial charge in [0.2, 0.25) is 6.08 Å². The molecule has 0 atom stereocenters. The summed E-state index contributed by atoms with van der Waals surface area (Å²) in [4.78, 5) is 10.6. The topological polar surface area (TPSA) is 89.2 Å². The van der Waals surface area contributed by atoms with E-state index >= 15 is 0 Å². The largest absolute Gasteiger partial charge is 1.00 e. The zero-order chi connectivity index (χ0) is 26.4. The minimum Gasteiger partial charge on any atom is -0.812 e.